The largest absolute Gasteiger partial charge is 0.465 e. The van der Waals surface area contributed by atoms with Crippen molar-refractivity contribution in [1.82, 2.24) is 20.0 Å². The van der Waals surface area contributed by atoms with E-state index in [9.17, 15) is 32.8 Å². The van der Waals surface area contributed by atoms with E-state index in [-0.39, 0.29) is 41.8 Å². The molecule has 0 aromatic heterocycles. The number of carbonyl (C=O) groups is 2. The van der Waals surface area contributed by atoms with E-state index in [0.717, 1.165) is 64.1 Å². The number of nitrogens with one attached hydrogen (secondary N) is 1. The molecule has 1 aliphatic carbocycles. The fourth-order valence-electron chi connectivity index (χ4n) is 8.73. The van der Waals surface area contributed by atoms with Gasteiger partial charge in [-0.15, -0.1) is 0 Å². The molecule has 11 nitrogen and oxygen atoms in total. The lowest BCUT2D eigenvalue weighted by atomic mass is 9.59. The minimum absolute atomic E-state index is 0.0251. The topological polar surface area (TPSA) is 137 Å². The summed E-state index contributed by atoms with van der Waals surface area (Å²) < 4.78 is 41.0. The first kappa shape index (κ1) is 36.8. The van der Waals surface area contributed by atoms with Crippen LogP contribution < -0.4 is 10.2 Å². The number of sulfone groups is 1. The van der Waals surface area contributed by atoms with Crippen LogP contribution in [-0.4, -0.2) is 118 Å². The molecular weight excluding hydrogens is 672 g/mol. The lowest BCUT2D eigenvalue weighted by Crippen LogP contribution is -2.56. The molecule has 1 saturated carbocycles. The zero-order chi connectivity index (χ0) is 36.3. The molecule has 2 aromatic rings. The molecule has 4 fully saturated rings. The molecule has 274 valence electrons. The van der Waals surface area contributed by atoms with Gasteiger partial charge in [-0.3, -0.25) is 4.79 Å². The minimum Gasteiger partial charge on any atom is -0.465 e. The van der Waals surface area contributed by atoms with Gasteiger partial charge in [0.15, 0.2) is 9.84 Å². The average molecular weight is 721 g/mol. The van der Waals surface area contributed by atoms with Gasteiger partial charge in [-0.25, -0.2) is 17.6 Å². The fourth-order valence-corrected chi connectivity index (χ4v) is 10.4. The summed E-state index contributed by atoms with van der Waals surface area (Å²) in [5.74, 6) is -0.353. The maximum atomic E-state index is 14.5. The second-order valence-corrected chi connectivity index (χ2v) is 17.2. The van der Waals surface area contributed by atoms with Crippen LogP contribution in [0.2, 0.25) is 0 Å². The number of nitrogens with zero attached hydrogens (tertiary/aromatic N) is 5. The molecule has 2 N–H and O–H groups in total. The number of rotatable bonds is 12. The van der Waals surface area contributed by atoms with E-state index < -0.39 is 32.4 Å². The summed E-state index contributed by atoms with van der Waals surface area (Å²) in [5.41, 5.74) is 0.646. The van der Waals surface area contributed by atoms with Crippen LogP contribution in [0.3, 0.4) is 0 Å². The van der Waals surface area contributed by atoms with Crippen molar-refractivity contribution in [2.75, 3.05) is 71.4 Å². The van der Waals surface area contributed by atoms with Gasteiger partial charge in [-0.05, 0) is 101 Å². The number of anilines is 1. The molecule has 0 radical (unpaired) electrons. The lowest BCUT2D eigenvalue weighted by Gasteiger charge is -2.48. The van der Waals surface area contributed by atoms with Gasteiger partial charge >= 0.3 is 6.09 Å². The highest BCUT2D eigenvalue weighted by Crippen LogP contribution is 2.50. The van der Waals surface area contributed by atoms with Crippen LogP contribution in [0.15, 0.2) is 65.6 Å². The molecule has 2 aromatic carbocycles. The van der Waals surface area contributed by atoms with Gasteiger partial charge in [0.05, 0.1) is 16.4 Å². The minimum atomic E-state index is -3.53. The maximum absolute atomic E-state index is 14.5. The van der Waals surface area contributed by atoms with E-state index in [2.05, 4.69) is 21.2 Å². The van der Waals surface area contributed by atoms with Crippen molar-refractivity contribution in [3.05, 3.63) is 72.1 Å². The van der Waals surface area contributed by atoms with Gasteiger partial charge < -0.3 is 30.0 Å². The van der Waals surface area contributed by atoms with Crippen LogP contribution >= 0.6 is 0 Å². The Kier molecular flexibility index (Phi) is 11.0. The van der Waals surface area contributed by atoms with Gasteiger partial charge in [-0.2, -0.15) is 5.26 Å². The smallest absolute Gasteiger partial charge is 0.404 e. The summed E-state index contributed by atoms with van der Waals surface area (Å²) in [6, 6.07) is 15.7. The Bertz CT molecular complexity index is 1740. The first-order valence-electron chi connectivity index (χ1n) is 18.0. The molecule has 13 heteroatoms. The van der Waals surface area contributed by atoms with Gasteiger partial charge in [0.25, 0.3) is 0 Å². The Labute approximate surface area is 300 Å². The molecule has 2 amide bonds. The highest BCUT2D eigenvalue weighted by molar-refractivity contribution is 7.92. The van der Waals surface area contributed by atoms with Gasteiger partial charge in [0, 0.05) is 68.9 Å². The average Bonchev–Trinajstić information content (AvgIpc) is 3.50. The van der Waals surface area contributed by atoms with Crippen LogP contribution in [-0.2, 0) is 20.0 Å². The third-order valence-electron chi connectivity index (χ3n) is 11.5. The summed E-state index contributed by atoms with van der Waals surface area (Å²) in [7, 11) is 0.291. The first-order chi connectivity index (χ1) is 24.4. The Balaban J connectivity index is 1.01. The van der Waals surface area contributed by atoms with Gasteiger partial charge in [0.2, 0.25) is 5.91 Å². The second-order valence-electron chi connectivity index (χ2n) is 15.0. The summed E-state index contributed by atoms with van der Waals surface area (Å²) in [5, 5.41) is 22.4. The van der Waals surface area contributed by atoms with Crippen LogP contribution in [0.5, 0.6) is 0 Å². The molecule has 51 heavy (non-hydrogen) atoms. The SMILES string of the molecule is CN(C)C/C=C/C(=O)N1CC(S(=O)(=O)c2ccc(N3CC(CN4CCC(C(C#N)(c5cccc(F)c5)[C@H]5CCC[C@@H]5NC(=O)O)CC4)C3)cc2)C1. The Hall–Kier alpha value is -3.99. The highest BCUT2D eigenvalue weighted by Gasteiger charge is 2.53. The molecule has 3 saturated heterocycles. The van der Waals surface area contributed by atoms with E-state index in [1.54, 1.807) is 29.2 Å². The van der Waals surface area contributed by atoms with E-state index >= 15 is 0 Å². The number of carboxylic acid groups (broad SMARTS) is 1. The number of hydrogen-bond acceptors (Lipinski definition) is 8. The third-order valence-corrected chi connectivity index (χ3v) is 13.6. The van der Waals surface area contributed by atoms with Crippen molar-refractivity contribution in [3.63, 3.8) is 0 Å². The van der Waals surface area contributed by atoms with Crippen LogP contribution in [0.4, 0.5) is 14.9 Å². The second kappa shape index (κ2) is 15.3. The van der Waals surface area contributed by atoms with Crippen LogP contribution in [0, 0.1) is 34.9 Å². The Morgan fingerprint density at radius 2 is 1.76 bits per heavy atom. The number of carbonyl (C=O) groups excluding carboxylic acids is 1. The highest BCUT2D eigenvalue weighted by atomic mass is 32.2. The molecule has 4 aliphatic rings. The van der Waals surface area contributed by atoms with Crippen molar-refractivity contribution >= 4 is 27.5 Å². The van der Waals surface area contributed by atoms with Crippen molar-refractivity contribution in [2.45, 2.75) is 53.7 Å². The van der Waals surface area contributed by atoms with Crippen molar-refractivity contribution in [1.29, 1.82) is 5.26 Å². The number of likely N-dealkylation sites (N-methyl/N-ethyl adjacent to an activating group) is 1. The number of likely N-dealkylation sites (tertiary alicyclic amines) is 2. The standard InChI is InChI=1S/C38H49FN6O5S/c1-42(2)17-5-10-36(46)45-24-33(25-45)51(49,50)32-13-11-31(12-14-32)44-22-27(23-44)21-43-18-15-28(16-19-43)38(26-40,29-6-3-7-30(39)20-29)34-8-4-9-35(34)41-37(47)48/h3,5-7,10-14,20,27-28,33-35,41H,4,8-9,15-19,21-25H2,1-2H3,(H,47,48)/b10-5+/t34-,35-,38?/m0/s1. The number of piperidine rings is 1. The molecule has 3 heterocycles. The quantitative estimate of drug-likeness (QED) is 0.312. The zero-order valence-electron chi connectivity index (χ0n) is 29.5. The number of hydrogen-bond donors (Lipinski definition) is 2. The van der Waals surface area contributed by atoms with Gasteiger partial charge in [0.1, 0.15) is 11.1 Å². The first-order valence-corrected chi connectivity index (χ1v) is 19.5. The third kappa shape index (κ3) is 7.78. The van der Waals surface area contributed by atoms with Crippen LogP contribution in [0.1, 0.15) is 37.7 Å². The summed E-state index contributed by atoms with van der Waals surface area (Å²) in [4.78, 5) is 32.4. The molecule has 0 bridgehead atoms. The predicted octanol–water partition coefficient (Wildman–Crippen LogP) is 3.97. The van der Waals surface area contributed by atoms with Crippen molar-refractivity contribution in [3.8, 4) is 6.07 Å². The predicted molar refractivity (Wildman–Crippen MR) is 193 cm³/mol. The summed E-state index contributed by atoms with van der Waals surface area (Å²) in [6.45, 7) is 5.32. The molecule has 3 aliphatic heterocycles. The summed E-state index contributed by atoms with van der Waals surface area (Å²) >= 11 is 0. The maximum Gasteiger partial charge on any atom is 0.404 e. The number of halogens is 1. The molecule has 3 atom stereocenters. The van der Waals surface area contributed by atoms with Crippen molar-refractivity contribution < 1.29 is 27.5 Å². The number of benzene rings is 2. The van der Waals surface area contributed by atoms with E-state index in [0.29, 0.717) is 24.4 Å². The van der Waals surface area contributed by atoms with Gasteiger partial charge in [-0.1, -0.05) is 24.6 Å². The Morgan fingerprint density at radius 3 is 2.39 bits per heavy atom. The van der Waals surface area contributed by atoms with E-state index in [1.807, 2.05) is 37.2 Å². The molecule has 6 rings (SSSR count). The normalized spacial score (nSPS) is 23.5. The fraction of sp³-hybridized carbons (Fsp3) is 0.553. The molecule has 0 spiro atoms. The number of amides is 2. The molecular formula is C38H49FN6O5S. The zero-order valence-corrected chi connectivity index (χ0v) is 30.3. The van der Waals surface area contributed by atoms with Crippen LogP contribution in [0.25, 0.3) is 0 Å². The lowest BCUT2D eigenvalue weighted by molar-refractivity contribution is -0.129. The van der Waals surface area contributed by atoms with E-state index in [1.165, 1.54) is 18.2 Å². The monoisotopic (exact) mass is 720 g/mol. The molecule has 1 unspecified atom stereocenters. The Morgan fingerprint density at radius 1 is 1.06 bits per heavy atom. The number of nitriles is 1. The van der Waals surface area contributed by atoms with E-state index in [4.69, 9.17) is 0 Å². The van der Waals surface area contributed by atoms with Crippen molar-refractivity contribution in [2.24, 2.45) is 17.8 Å². The summed E-state index contributed by atoms with van der Waals surface area (Å²) in [6.07, 6.45) is 5.93.